The number of ether oxygens (including phenoxy) is 2. The van der Waals surface area contributed by atoms with Crippen LogP contribution in [0.4, 0.5) is 0 Å². The summed E-state index contributed by atoms with van der Waals surface area (Å²) in [5.41, 5.74) is 0. The van der Waals surface area contributed by atoms with Gasteiger partial charge in [-0.05, 0) is 32.6 Å². The normalized spacial score (nSPS) is 15.5. The molecule has 2 atom stereocenters. The van der Waals surface area contributed by atoms with Crippen molar-refractivity contribution in [3.8, 4) is 11.8 Å². The summed E-state index contributed by atoms with van der Waals surface area (Å²) in [5, 5.41) is 10.4. The van der Waals surface area contributed by atoms with Crippen LogP contribution in [0.3, 0.4) is 0 Å². The lowest BCUT2D eigenvalue weighted by Crippen LogP contribution is -2.43. The molecule has 1 rings (SSSR count). The maximum absolute atomic E-state index is 12.1. The first-order valence-corrected chi connectivity index (χ1v) is 12.8. The lowest BCUT2D eigenvalue weighted by molar-refractivity contribution is -0.131. The van der Waals surface area contributed by atoms with E-state index in [1.165, 1.54) is 0 Å². The van der Waals surface area contributed by atoms with Crippen LogP contribution < -0.4 is 21.3 Å². The average Bonchev–Trinajstić information content (AvgIpc) is 3.30. The van der Waals surface area contributed by atoms with Gasteiger partial charge in [0.05, 0.1) is 33.0 Å². The molecule has 0 bridgehead atoms. The second kappa shape index (κ2) is 19.5. The molecule has 0 aliphatic carbocycles. The van der Waals surface area contributed by atoms with E-state index < -0.39 is 11.8 Å². The first kappa shape index (κ1) is 31.4. The van der Waals surface area contributed by atoms with E-state index in [2.05, 4.69) is 33.1 Å². The first-order chi connectivity index (χ1) is 17.4. The molecule has 1 saturated heterocycles. The minimum Gasteiger partial charge on any atom is -0.364 e. The van der Waals surface area contributed by atoms with Crippen LogP contribution in [0.5, 0.6) is 0 Å². The van der Waals surface area contributed by atoms with E-state index in [9.17, 15) is 19.2 Å². The molecule has 0 radical (unpaired) electrons. The quantitative estimate of drug-likeness (QED) is 0.122. The van der Waals surface area contributed by atoms with Crippen LogP contribution in [0.2, 0.25) is 0 Å². The summed E-state index contributed by atoms with van der Waals surface area (Å²) in [6, 6.07) is 0.292. The number of unbranched alkanes of at least 4 members (excludes halogenated alkanes) is 1. The molecule has 1 aliphatic heterocycles. The van der Waals surface area contributed by atoms with E-state index in [0.29, 0.717) is 6.04 Å². The van der Waals surface area contributed by atoms with Gasteiger partial charge in [-0.1, -0.05) is 26.2 Å². The van der Waals surface area contributed by atoms with Crippen molar-refractivity contribution in [3.05, 3.63) is 0 Å². The molecule has 11 heteroatoms. The summed E-state index contributed by atoms with van der Waals surface area (Å²) >= 11 is 0. The van der Waals surface area contributed by atoms with E-state index in [4.69, 9.17) is 9.47 Å². The summed E-state index contributed by atoms with van der Waals surface area (Å²) in [5.74, 6) is 4.83. The van der Waals surface area contributed by atoms with Crippen LogP contribution in [0.25, 0.3) is 0 Å². The lowest BCUT2D eigenvalue weighted by Gasteiger charge is -2.21. The van der Waals surface area contributed by atoms with Crippen LogP contribution in [-0.2, 0) is 28.7 Å². The number of nitrogens with zero attached hydrogens (tertiary/aromatic N) is 1. The molecule has 11 nitrogen and oxygen atoms in total. The van der Waals surface area contributed by atoms with Crippen molar-refractivity contribution in [2.45, 2.75) is 71.4 Å². The Labute approximate surface area is 214 Å². The van der Waals surface area contributed by atoms with E-state index in [-0.39, 0.29) is 64.0 Å². The van der Waals surface area contributed by atoms with Gasteiger partial charge in [0.15, 0.2) is 0 Å². The monoisotopic (exact) mass is 509 g/mol. The van der Waals surface area contributed by atoms with Crippen molar-refractivity contribution in [1.29, 1.82) is 0 Å². The molecule has 0 spiro atoms. The van der Waals surface area contributed by atoms with Crippen molar-refractivity contribution in [1.82, 2.24) is 26.2 Å². The Morgan fingerprint density at radius 1 is 1.00 bits per heavy atom. The van der Waals surface area contributed by atoms with Gasteiger partial charge in [-0.3, -0.25) is 24.5 Å². The van der Waals surface area contributed by atoms with E-state index >= 15 is 0 Å². The van der Waals surface area contributed by atoms with Crippen LogP contribution in [-0.4, -0.2) is 93.3 Å². The van der Waals surface area contributed by atoms with Crippen molar-refractivity contribution in [2.75, 3.05) is 52.7 Å². The van der Waals surface area contributed by atoms with Crippen molar-refractivity contribution in [2.24, 2.45) is 0 Å². The Kier molecular flexibility index (Phi) is 17.0. The maximum atomic E-state index is 12.1. The highest BCUT2D eigenvalue weighted by Crippen LogP contribution is 2.15. The lowest BCUT2D eigenvalue weighted by atomic mass is 10.2. The largest absolute Gasteiger partial charge is 0.364 e. The topological polar surface area (TPSA) is 138 Å². The fourth-order valence-corrected chi connectivity index (χ4v) is 3.45. The highest BCUT2D eigenvalue weighted by Gasteiger charge is 2.24. The molecule has 4 N–H and O–H groups in total. The van der Waals surface area contributed by atoms with E-state index in [0.717, 1.165) is 45.1 Å². The van der Waals surface area contributed by atoms with Crippen molar-refractivity contribution < 1.29 is 28.7 Å². The summed E-state index contributed by atoms with van der Waals surface area (Å²) in [7, 11) is 0. The molecule has 0 aromatic carbocycles. The molecule has 1 fully saturated rings. The third kappa shape index (κ3) is 14.7. The summed E-state index contributed by atoms with van der Waals surface area (Å²) in [4.78, 5) is 49.5. The van der Waals surface area contributed by atoms with Gasteiger partial charge in [0.2, 0.25) is 23.6 Å². The zero-order valence-electron chi connectivity index (χ0n) is 22.0. The Bertz CT molecular complexity index is 751. The second-order valence-corrected chi connectivity index (χ2v) is 8.62. The van der Waals surface area contributed by atoms with Crippen LogP contribution in [0, 0.1) is 11.8 Å². The number of hydrogen-bond acceptors (Lipinski definition) is 7. The number of nitrogens with one attached hydrogen (secondary N) is 4. The molecule has 1 aliphatic rings. The molecular weight excluding hydrogens is 466 g/mol. The summed E-state index contributed by atoms with van der Waals surface area (Å²) in [6.07, 6.45) is 5.16. The fraction of sp³-hybridized carbons (Fsp3) is 0.760. The summed E-state index contributed by atoms with van der Waals surface area (Å²) in [6.45, 7) is 7.22. The minimum absolute atomic E-state index is 0.0637. The van der Waals surface area contributed by atoms with Gasteiger partial charge in [0.25, 0.3) is 0 Å². The van der Waals surface area contributed by atoms with Gasteiger partial charge in [-0.2, -0.15) is 0 Å². The van der Waals surface area contributed by atoms with Gasteiger partial charge in [0.1, 0.15) is 12.7 Å². The Morgan fingerprint density at radius 3 is 2.39 bits per heavy atom. The highest BCUT2D eigenvalue weighted by molar-refractivity contribution is 5.88. The smallest absolute Gasteiger partial charge is 0.246 e. The molecular formula is C25H43N5O6. The fourth-order valence-electron chi connectivity index (χ4n) is 3.45. The standard InChI is InChI=1S/C25H43N5O6/c1-4-6-7-11-21(9-5-2)36-18-24(33)29-16-23(32)28-15-22(31)27-12-14-35-19-26-17-25(34)30-13-8-10-20(30)3/h20-21,26H,4-6,8-10,12-19H2,1-3H3,(H,27,31)(H,28,32)(H,29,33). The third-order valence-corrected chi connectivity index (χ3v) is 5.42. The zero-order chi connectivity index (χ0) is 26.6. The number of carbonyl (C=O) groups is 4. The molecule has 4 amide bonds. The molecule has 0 saturated carbocycles. The first-order valence-electron chi connectivity index (χ1n) is 12.8. The number of carbonyl (C=O) groups excluding carboxylic acids is 4. The Hall–Kier alpha value is -2.68. The SMILES string of the molecule is CCCC#CC(CCC)OCC(=O)NCC(=O)NCC(=O)NCCOCNCC(=O)N1CCCC1C. The molecule has 204 valence electrons. The molecule has 2 unspecified atom stereocenters. The molecule has 0 aromatic heterocycles. The maximum Gasteiger partial charge on any atom is 0.246 e. The van der Waals surface area contributed by atoms with Gasteiger partial charge in [-0.15, -0.1) is 5.92 Å². The molecule has 0 aromatic rings. The number of hydrogen-bond donors (Lipinski definition) is 4. The zero-order valence-corrected chi connectivity index (χ0v) is 22.0. The van der Waals surface area contributed by atoms with Gasteiger partial charge < -0.3 is 30.3 Å². The van der Waals surface area contributed by atoms with Crippen molar-refractivity contribution in [3.63, 3.8) is 0 Å². The molecule has 1 heterocycles. The van der Waals surface area contributed by atoms with E-state index in [1.54, 1.807) is 0 Å². The summed E-state index contributed by atoms with van der Waals surface area (Å²) < 4.78 is 10.9. The Morgan fingerprint density at radius 2 is 1.72 bits per heavy atom. The van der Waals surface area contributed by atoms with Gasteiger partial charge in [-0.25, -0.2) is 0 Å². The van der Waals surface area contributed by atoms with Crippen LogP contribution in [0.15, 0.2) is 0 Å². The van der Waals surface area contributed by atoms with Crippen molar-refractivity contribution >= 4 is 23.6 Å². The van der Waals surface area contributed by atoms with Crippen LogP contribution in [0.1, 0.15) is 59.3 Å². The Balaban J connectivity index is 2.04. The predicted molar refractivity (Wildman–Crippen MR) is 136 cm³/mol. The second-order valence-electron chi connectivity index (χ2n) is 8.62. The number of rotatable bonds is 17. The minimum atomic E-state index is -0.483. The van der Waals surface area contributed by atoms with Gasteiger partial charge >= 0.3 is 0 Å². The molecule has 36 heavy (non-hydrogen) atoms. The van der Waals surface area contributed by atoms with Crippen LogP contribution >= 0.6 is 0 Å². The van der Waals surface area contributed by atoms with E-state index in [1.807, 2.05) is 25.7 Å². The number of likely N-dealkylation sites (tertiary alicyclic amines) is 1. The number of amides is 4. The highest BCUT2D eigenvalue weighted by atomic mass is 16.5. The predicted octanol–water partition coefficient (Wildman–Crippen LogP) is -0.102. The average molecular weight is 510 g/mol. The third-order valence-electron chi connectivity index (χ3n) is 5.42. The van der Waals surface area contributed by atoms with Gasteiger partial charge in [0, 0.05) is 25.6 Å².